The zero-order valence-corrected chi connectivity index (χ0v) is 15.9. The molecule has 0 amide bonds. The molecule has 1 aromatic rings. The van der Waals surface area contributed by atoms with Gasteiger partial charge in [-0.05, 0) is 23.8 Å². The highest BCUT2D eigenvalue weighted by atomic mass is 32.3. The third-order valence-corrected chi connectivity index (χ3v) is 7.25. The predicted octanol–water partition coefficient (Wildman–Crippen LogP) is 1.65. The first-order valence-corrected chi connectivity index (χ1v) is 10.5. The molecule has 7 nitrogen and oxygen atoms in total. The van der Waals surface area contributed by atoms with Crippen molar-refractivity contribution in [3.05, 3.63) is 34.1 Å². The predicted molar refractivity (Wildman–Crippen MR) is 90.8 cm³/mol. The van der Waals surface area contributed by atoms with Crippen molar-refractivity contribution in [3.63, 3.8) is 0 Å². The van der Waals surface area contributed by atoms with Crippen molar-refractivity contribution >= 4 is 31.4 Å². The summed E-state index contributed by atoms with van der Waals surface area (Å²) in [5.41, 5.74) is -12.9. The lowest BCUT2D eigenvalue weighted by Crippen LogP contribution is -2.34. The number of anilines is 1. The standard InChI is InChI=1S/C14H15F6NO6S2/c15-13(16,17)28(24,25)12(29(26,27)14(18,19)20)9-10-1-3-11(4-2-10)21(5-7-22)6-8-23/h1-4,9,22-23H,5-8H2. The molecule has 0 saturated heterocycles. The monoisotopic (exact) mass is 471 g/mol. The number of benzene rings is 1. The van der Waals surface area contributed by atoms with Crippen LogP contribution in [-0.4, -0.2) is 64.4 Å². The number of halogens is 6. The van der Waals surface area contributed by atoms with Gasteiger partial charge in [-0.1, -0.05) is 12.1 Å². The molecule has 0 bridgehead atoms. The highest BCUT2D eigenvalue weighted by Gasteiger charge is 2.59. The van der Waals surface area contributed by atoms with E-state index in [0.717, 1.165) is 24.3 Å². The van der Waals surface area contributed by atoms with E-state index in [-0.39, 0.29) is 38.1 Å². The molecular weight excluding hydrogens is 456 g/mol. The smallest absolute Gasteiger partial charge is 0.395 e. The fraction of sp³-hybridized carbons (Fsp3) is 0.429. The van der Waals surface area contributed by atoms with Crippen LogP contribution < -0.4 is 4.90 Å². The van der Waals surface area contributed by atoms with Gasteiger partial charge in [0.2, 0.25) is 0 Å². The van der Waals surface area contributed by atoms with Crippen molar-refractivity contribution in [1.29, 1.82) is 0 Å². The fourth-order valence-electron chi connectivity index (χ4n) is 2.06. The number of nitrogens with zero attached hydrogens (tertiary/aromatic N) is 1. The summed E-state index contributed by atoms with van der Waals surface area (Å²) in [5.74, 6) is 0. The van der Waals surface area contributed by atoms with Gasteiger partial charge in [0.05, 0.1) is 13.2 Å². The minimum atomic E-state index is -6.84. The lowest BCUT2D eigenvalue weighted by molar-refractivity contribution is -0.0443. The summed E-state index contributed by atoms with van der Waals surface area (Å²) >= 11 is 0. The lowest BCUT2D eigenvalue weighted by Gasteiger charge is -2.23. The van der Waals surface area contributed by atoms with E-state index in [9.17, 15) is 43.2 Å². The number of sulfone groups is 2. The van der Waals surface area contributed by atoms with Crippen molar-refractivity contribution in [3.8, 4) is 0 Å². The van der Waals surface area contributed by atoms with Crippen LogP contribution in [0.2, 0.25) is 0 Å². The number of rotatable bonds is 8. The van der Waals surface area contributed by atoms with Crippen molar-refractivity contribution in [2.75, 3.05) is 31.2 Å². The number of hydrogen-bond acceptors (Lipinski definition) is 7. The molecule has 0 aliphatic heterocycles. The average molecular weight is 471 g/mol. The molecule has 1 aromatic carbocycles. The second kappa shape index (κ2) is 8.89. The molecule has 0 unspecified atom stereocenters. The Morgan fingerprint density at radius 3 is 1.52 bits per heavy atom. The number of alkyl halides is 6. The first-order chi connectivity index (χ1) is 13.1. The summed E-state index contributed by atoms with van der Waals surface area (Å²) < 4.78 is 119. The first kappa shape index (κ1) is 25.2. The molecule has 0 saturated carbocycles. The summed E-state index contributed by atoms with van der Waals surface area (Å²) in [6, 6.07) is 4.04. The Bertz CT molecular complexity index is 884. The zero-order chi connectivity index (χ0) is 22.7. The van der Waals surface area contributed by atoms with Crippen LogP contribution in [0.4, 0.5) is 32.0 Å². The van der Waals surface area contributed by atoms with E-state index in [1.807, 2.05) is 0 Å². The zero-order valence-electron chi connectivity index (χ0n) is 14.3. The summed E-state index contributed by atoms with van der Waals surface area (Å²) in [6.45, 7) is -0.600. The molecule has 0 fully saturated rings. The van der Waals surface area contributed by atoms with Gasteiger partial charge in [-0.15, -0.1) is 0 Å². The Balaban J connectivity index is 3.56. The molecule has 0 aliphatic rings. The van der Waals surface area contributed by atoms with Gasteiger partial charge in [-0.3, -0.25) is 0 Å². The third kappa shape index (κ3) is 5.61. The van der Waals surface area contributed by atoms with Crippen LogP contribution in [0.3, 0.4) is 0 Å². The summed E-state index contributed by atoms with van der Waals surface area (Å²) in [7, 11) is -13.7. The van der Waals surface area contributed by atoms with Gasteiger partial charge in [-0.2, -0.15) is 26.3 Å². The molecule has 1 rings (SSSR count). The Morgan fingerprint density at radius 1 is 0.828 bits per heavy atom. The normalized spacial score (nSPS) is 13.2. The lowest BCUT2D eigenvalue weighted by atomic mass is 10.2. The van der Waals surface area contributed by atoms with E-state index in [2.05, 4.69) is 0 Å². The van der Waals surface area contributed by atoms with Crippen molar-refractivity contribution in [2.45, 2.75) is 11.0 Å². The average Bonchev–Trinajstić information content (AvgIpc) is 2.57. The largest absolute Gasteiger partial charge is 0.502 e. The van der Waals surface area contributed by atoms with Gasteiger partial charge in [-0.25, -0.2) is 16.8 Å². The minimum absolute atomic E-state index is 0.0336. The van der Waals surface area contributed by atoms with Crippen LogP contribution in [0.25, 0.3) is 6.08 Å². The molecule has 2 N–H and O–H groups in total. The highest BCUT2D eigenvalue weighted by molar-refractivity contribution is 8.15. The fourth-order valence-corrected chi connectivity index (χ4v) is 4.82. The van der Waals surface area contributed by atoms with Gasteiger partial charge < -0.3 is 15.1 Å². The molecule has 0 spiro atoms. The van der Waals surface area contributed by atoms with Crippen LogP contribution in [-0.2, 0) is 19.7 Å². The van der Waals surface area contributed by atoms with Crippen LogP contribution in [0, 0.1) is 0 Å². The number of aliphatic hydroxyl groups excluding tert-OH is 2. The van der Waals surface area contributed by atoms with E-state index in [0.29, 0.717) is 0 Å². The maximum absolute atomic E-state index is 12.7. The summed E-state index contributed by atoms with van der Waals surface area (Å²) in [6.07, 6.45) is -0.238. The van der Waals surface area contributed by atoms with Gasteiger partial charge >= 0.3 is 11.0 Å². The molecule has 166 valence electrons. The SMILES string of the molecule is O=S(=O)(C(=Cc1ccc(N(CCO)CCO)cc1)S(=O)(=O)C(F)(F)F)C(F)(F)F. The van der Waals surface area contributed by atoms with Crippen LogP contribution in [0.5, 0.6) is 0 Å². The van der Waals surface area contributed by atoms with Crippen LogP contribution in [0.15, 0.2) is 28.5 Å². The van der Waals surface area contributed by atoms with E-state index >= 15 is 0 Å². The second-order valence-corrected chi connectivity index (χ2v) is 9.47. The molecule has 0 atom stereocenters. The topological polar surface area (TPSA) is 112 Å². The first-order valence-electron chi connectivity index (χ1n) is 7.50. The van der Waals surface area contributed by atoms with E-state index in [4.69, 9.17) is 10.2 Å². The molecule has 29 heavy (non-hydrogen) atoms. The van der Waals surface area contributed by atoms with Crippen LogP contribution >= 0.6 is 0 Å². The molecule has 0 radical (unpaired) electrons. The maximum atomic E-state index is 12.7. The molecule has 0 aromatic heterocycles. The van der Waals surface area contributed by atoms with Gasteiger partial charge in [0.25, 0.3) is 19.7 Å². The highest BCUT2D eigenvalue weighted by Crippen LogP contribution is 2.39. The van der Waals surface area contributed by atoms with Crippen molar-refractivity contribution in [1.82, 2.24) is 0 Å². The Kier molecular flexibility index (Phi) is 7.72. The van der Waals surface area contributed by atoms with E-state index in [1.54, 1.807) is 0 Å². The van der Waals surface area contributed by atoms with Gasteiger partial charge in [0.15, 0.2) is 4.24 Å². The van der Waals surface area contributed by atoms with Crippen molar-refractivity contribution in [2.24, 2.45) is 0 Å². The molecule has 15 heteroatoms. The quantitative estimate of drug-likeness (QED) is 0.555. The second-order valence-electron chi connectivity index (χ2n) is 5.39. The van der Waals surface area contributed by atoms with E-state index < -0.39 is 40.5 Å². The Hall–Kier alpha value is -1.84. The molecular formula is C14H15F6NO6S2. The Labute approximate surface area is 161 Å². The number of hydrogen-bond donors (Lipinski definition) is 2. The molecule has 0 aliphatic carbocycles. The minimum Gasteiger partial charge on any atom is -0.395 e. The number of aliphatic hydroxyl groups is 2. The van der Waals surface area contributed by atoms with Gasteiger partial charge in [0.1, 0.15) is 0 Å². The van der Waals surface area contributed by atoms with E-state index in [1.165, 1.54) is 4.90 Å². The summed E-state index contributed by atoms with van der Waals surface area (Å²) in [4.78, 5) is 1.41. The third-order valence-electron chi connectivity index (χ3n) is 3.42. The molecule has 0 heterocycles. The van der Waals surface area contributed by atoms with Crippen molar-refractivity contribution < 1.29 is 53.4 Å². The summed E-state index contributed by atoms with van der Waals surface area (Å²) in [5, 5.41) is 17.9. The van der Waals surface area contributed by atoms with Crippen LogP contribution in [0.1, 0.15) is 5.56 Å². The Morgan fingerprint density at radius 2 is 1.21 bits per heavy atom. The maximum Gasteiger partial charge on any atom is 0.502 e. The van der Waals surface area contributed by atoms with Gasteiger partial charge in [0, 0.05) is 18.8 Å².